The van der Waals surface area contributed by atoms with Crippen LogP contribution in [0.5, 0.6) is 0 Å². The van der Waals surface area contributed by atoms with Crippen LogP contribution in [0.3, 0.4) is 0 Å². The Morgan fingerprint density at radius 3 is 2.57 bits per heavy atom. The molecule has 1 aliphatic rings. The summed E-state index contributed by atoms with van der Waals surface area (Å²) in [6.45, 7) is 4.65. The van der Waals surface area contributed by atoms with Gasteiger partial charge in [0.25, 0.3) is 0 Å². The van der Waals surface area contributed by atoms with Gasteiger partial charge in [-0.2, -0.15) is 0 Å². The van der Waals surface area contributed by atoms with Crippen LogP contribution in [-0.2, 0) is 14.3 Å². The Kier molecular flexibility index (Phi) is 3.93. The number of rotatable bonds is 6. The number of hydrogen-bond acceptors (Lipinski definition) is 3. The van der Waals surface area contributed by atoms with E-state index in [2.05, 4.69) is 0 Å². The SMILES string of the molecule is COCCCC(C)(C)OC(=O)C1CC1. The molecule has 0 atom stereocenters. The highest BCUT2D eigenvalue weighted by Gasteiger charge is 2.34. The molecule has 0 aromatic rings. The first-order valence-corrected chi connectivity index (χ1v) is 5.27. The van der Waals surface area contributed by atoms with Gasteiger partial charge in [0.2, 0.25) is 0 Å². The summed E-state index contributed by atoms with van der Waals surface area (Å²) in [7, 11) is 1.68. The Bertz CT molecular complexity index is 195. The molecule has 1 aliphatic carbocycles. The van der Waals surface area contributed by atoms with E-state index in [9.17, 15) is 4.79 Å². The van der Waals surface area contributed by atoms with Crippen LogP contribution in [0.25, 0.3) is 0 Å². The molecule has 0 radical (unpaired) electrons. The largest absolute Gasteiger partial charge is 0.459 e. The van der Waals surface area contributed by atoms with Crippen molar-refractivity contribution in [3.05, 3.63) is 0 Å². The molecule has 0 aromatic heterocycles. The van der Waals surface area contributed by atoms with Gasteiger partial charge >= 0.3 is 5.97 Å². The maximum absolute atomic E-state index is 11.4. The second-order valence-electron chi connectivity index (χ2n) is 4.55. The maximum Gasteiger partial charge on any atom is 0.309 e. The second kappa shape index (κ2) is 4.78. The average molecular weight is 200 g/mol. The molecule has 1 fully saturated rings. The third-order valence-corrected chi connectivity index (χ3v) is 2.41. The van der Waals surface area contributed by atoms with Crippen LogP contribution in [0, 0.1) is 5.92 Å². The molecule has 0 unspecified atom stereocenters. The highest BCUT2D eigenvalue weighted by atomic mass is 16.6. The van der Waals surface area contributed by atoms with Gasteiger partial charge in [0, 0.05) is 13.7 Å². The number of ether oxygens (including phenoxy) is 2. The lowest BCUT2D eigenvalue weighted by Crippen LogP contribution is -2.29. The van der Waals surface area contributed by atoms with Crippen molar-refractivity contribution in [2.45, 2.75) is 45.1 Å². The monoisotopic (exact) mass is 200 g/mol. The van der Waals surface area contributed by atoms with Crippen molar-refractivity contribution >= 4 is 5.97 Å². The van der Waals surface area contributed by atoms with Gasteiger partial charge in [-0.1, -0.05) is 0 Å². The summed E-state index contributed by atoms with van der Waals surface area (Å²) in [6, 6.07) is 0. The number of esters is 1. The van der Waals surface area contributed by atoms with E-state index in [4.69, 9.17) is 9.47 Å². The highest BCUT2D eigenvalue weighted by Crippen LogP contribution is 2.32. The molecule has 3 nitrogen and oxygen atoms in total. The van der Waals surface area contributed by atoms with Crippen LogP contribution in [0.2, 0.25) is 0 Å². The molecule has 14 heavy (non-hydrogen) atoms. The molecule has 0 heterocycles. The summed E-state index contributed by atoms with van der Waals surface area (Å²) < 4.78 is 10.4. The van der Waals surface area contributed by atoms with Crippen molar-refractivity contribution in [1.29, 1.82) is 0 Å². The highest BCUT2D eigenvalue weighted by molar-refractivity contribution is 5.75. The average Bonchev–Trinajstić information content (AvgIpc) is 2.85. The zero-order valence-corrected chi connectivity index (χ0v) is 9.34. The van der Waals surface area contributed by atoms with Crippen molar-refractivity contribution < 1.29 is 14.3 Å². The molecule has 0 aromatic carbocycles. The Morgan fingerprint density at radius 1 is 1.43 bits per heavy atom. The third kappa shape index (κ3) is 4.09. The summed E-state index contributed by atoms with van der Waals surface area (Å²) in [5.74, 6) is 0.170. The number of carbonyl (C=O) groups is 1. The Labute approximate surface area is 85.8 Å². The fraction of sp³-hybridized carbons (Fsp3) is 0.909. The number of carbonyl (C=O) groups excluding carboxylic acids is 1. The van der Waals surface area contributed by atoms with Crippen LogP contribution < -0.4 is 0 Å². The van der Waals surface area contributed by atoms with E-state index in [1.807, 2.05) is 13.8 Å². The van der Waals surface area contributed by atoms with Gasteiger partial charge in [-0.3, -0.25) is 4.79 Å². The van der Waals surface area contributed by atoms with E-state index >= 15 is 0 Å². The quantitative estimate of drug-likeness (QED) is 0.487. The van der Waals surface area contributed by atoms with Crippen LogP contribution in [0.1, 0.15) is 39.5 Å². The molecular formula is C11H20O3. The van der Waals surface area contributed by atoms with Gasteiger partial charge in [-0.25, -0.2) is 0 Å². The fourth-order valence-corrected chi connectivity index (χ4v) is 1.37. The maximum atomic E-state index is 11.4. The predicted molar refractivity (Wildman–Crippen MR) is 54.0 cm³/mol. The molecule has 1 rings (SSSR count). The van der Waals surface area contributed by atoms with Gasteiger partial charge in [-0.15, -0.1) is 0 Å². The lowest BCUT2D eigenvalue weighted by Gasteiger charge is -2.25. The minimum absolute atomic E-state index is 0.0209. The van der Waals surface area contributed by atoms with E-state index in [1.54, 1.807) is 7.11 Å². The number of hydrogen-bond donors (Lipinski definition) is 0. The number of methoxy groups -OCH3 is 1. The molecule has 0 bridgehead atoms. The van der Waals surface area contributed by atoms with Crippen LogP contribution in [-0.4, -0.2) is 25.3 Å². The molecule has 1 saturated carbocycles. The Balaban J connectivity index is 2.21. The molecule has 3 heteroatoms. The van der Waals surface area contributed by atoms with Gasteiger partial charge < -0.3 is 9.47 Å². The Morgan fingerprint density at radius 2 is 2.07 bits per heavy atom. The Hall–Kier alpha value is -0.570. The van der Waals surface area contributed by atoms with Crippen LogP contribution in [0.4, 0.5) is 0 Å². The third-order valence-electron chi connectivity index (χ3n) is 2.41. The summed E-state index contributed by atoms with van der Waals surface area (Å²) in [5.41, 5.74) is -0.335. The first-order valence-electron chi connectivity index (χ1n) is 5.27. The smallest absolute Gasteiger partial charge is 0.309 e. The second-order valence-corrected chi connectivity index (χ2v) is 4.55. The zero-order chi connectivity index (χ0) is 10.6. The van der Waals surface area contributed by atoms with E-state index in [-0.39, 0.29) is 17.5 Å². The topological polar surface area (TPSA) is 35.5 Å². The summed E-state index contributed by atoms with van der Waals surface area (Å²) in [6.07, 6.45) is 3.81. The summed E-state index contributed by atoms with van der Waals surface area (Å²) in [5, 5.41) is 0. The van der Waals surface area contributed by atoms with Crippen molar-refractivity contribution in [3.8, 4) is 0 Å². The van der Waals surface area contributed by atoms with Crippen molar-refractivity contribution in [3.63, 3.8) is 0 Å². The van der Waals surface area contributed by atoms with Crippen LogP contribution in [0.15, 0.2) is 0 Å². The minimum Gasteiger partial charge on any atom is -0.459 e. The first kappa shape index (κ1) is 11.5. The summed E-state index contributed by atoms with van der Waals surface area (Å²) >= 11 is 0. The van der Waals surface area contributed by atoms with E-state index in [0.29, 0.717) is 0 Å². The predicted octanol–water partition coefficient (Wildman–Crippen LogP) is 2.14. The standard InChI is InChI=1S/C11H20O3/c1-11(2,7-4-8-13-3)14-10(12)9-5-6-9/h9H,4-8H2,1-3H3. The molecule has 0 amide bonds. The lowest BCUT2D eigenvalue weighted by atomic mass is 10.0. The lowest BCUT2D eigenvalue weighted by molar-refractivity contribution is -0.158. The van der Waals surface area contributed by atoms with E-state index < -0.39 is 0 Å². The van der Waals surface area contributed by atoms with Gasteiger partial charge in [0.15, 0.2) is 0 Å². The molecule has 82 valence electrons. The molecule has 0 aliphatic heterocycles. The van der Waals surface area contributed by atoms with Crippen molar-refractivity contribution in [2.24, 2.45) is 5.92 Å². The van der Waals surface area contributed by atoms with Gasteiger partial charge in [0.1, 0.15) is 5.60 Å². The van der Waals surface area contributed by atoms with Crippen molar-refractivity contribution in [2.75, 3.05) is 13.7 Å². The molecule has 0 saturated heterocycles. The molecule has 0 spiro atoms. The summed E-state index contributed by atoms with van der Waals surface area (Å²) in [4.78, 5) is 11.4. The first-order chi connectivity index (χ1) is 6.55. The van der Waals surface area contributed by atoms with Gasteiger partial charge in [0.05, 0.1) is 5.92 Å². The molecule has 0 N–H and O–H groups in total. The van der Waals surface area contributed by atoms with Gasteiger partial charge in [-0.05, 0) is 39.5 Å². The van der Waals surface area contributed by atoms with E-state index in [0.717, 1.165) is 32.3 Å². The fourth-order valence-electron chi connectivity index (χ4n) is 1.37. The molecular weight excluding hydrogens is 180 g/mol. The zero-order valence-electron chi connectivity index (χ0n) is 9.34. The van der Waals surface area contributed by atoms with Crippen molar-refractivity contribution in [1.82, 2.24) is 0 Å². The minimum atomic E-state index is -0.335. The van der Waals surface area contributed by atoms with Crippen LogP contribution >= 0.6 is 0 Å². The normalized spacial score (nSPS) is 16.8. The van der Waals surface area contributed by atoms with E-state index in [1.165, 1.54) is 0 Å².